The van der Waals surface area contributed by atoms with Crippen molar-refractivity contribution in [2.75, 3.05) is 16.8 Å². The fourth-order valence-electron chi connectivity index (χ4n) is 1.16. The van der Waals surface area contributed by atoms with Gasteiger partial charge in [0.25, 0.3) is 0 Å². The van der Waals surface area contributed by atoms with E-state index in [2.05, 4.69) is 5.32 Å². The van der Waals surface area contributed by atoms with Gasteiger partial charge in [0.15, 0.2) is 0 Å². The summed E-state index contributed by atoms with van der Waals surface area (Å²) in [5, 5.41) is 11.2. The van der Waals surface area contributed by atoms with E-state index in [-0.39, 0.29) is 11.7 Å². The summed E-state index contributed by atoms with van der Waals surface area (Å²) in [6.45, 7) is 1.58. The zero-order valence-corrected chi connectivity index (χ0v) is 10.7. The number of thioether (sulfide) groups is 1. The van der Waals surface area contributed by atoms with E-state index in [0.717, 1.165) is 0 Å². The van der Waals surface area contributed by atoms with Crippen molar-refractivity contribution in [2.45, 2.75) is 6.92 Å². The molecule has 0 saturated carbocycles. The van der Waals surface area contributed by atoms with E-state index < -0.39 is 17.7 Å². The normalized spacial score (nSPS) is 11.9. The van der Waals surface area contributed by atoms with Crippen LogP contribution in [-0.4, -0.2) is 28.5 Å². The summed E-state index contributed by atoms with van der Waals surface area (Å²) < 4.78 is 12.8. The van der Waals surface area contributed by atoms with Crippen LogP contribution >= 0.6 is 11.8 Å². The molecule has 0 aliphatic heterocycles. The van der Waals surface area contributed by atoms with Gasteiger partial charge in [-0.3, -0.25) is 9.59 Å². The molecule has 0 aromatic heterocycles. The Labute approximate surface area is 109 Å². The summed E-state index contributed by atoms with van der Waals surface area (Å²) in [7, 11) is 0. The molecule has 0 aliphatic rings. The first kappa shape index (κ1) is 14.5. The standard InChI is InChI=1S/C12H14FNO3S/c1-8(12(16)17)6-18-7-11(15)14-10-4-2-3-9(13)5-10/h2-5,8H,6-7H2,1H3,(H,14,15)(H,16,17). The predicted octanol–water partition coefficient (Wildman–Crippen LogP) is 2.22. The monoisotopic (exact) mass is 271 g/mol. The lowest BCUT2D eigenvalue weighted by molar-refractivity contribution is -0.140. The van der Waals surface area contributed by atoms with E-state index in [0.29, 0.717) is 11.4 Å². The predicted molar refractivity (Wildman–Crippen MR) is 69.2 cm³/mol. The van der Waals surface area contributed by atoms with Gasteiger partial charge in [-0.15, -0.1) is 0 Å². The summed E-state index contributed by atoms with van der Waals surface area (Å²) in [4.78, 5) is 22.0. The first-order valence-electron chi connectivity index (χ1n) is 5.35. The molecule has 0 bridgehead atoms. The molecule has 0 saturated heterocycles. The number of nitrogens with one attached hydrogen (secondary N) is 1. The van der Waals surface area contributed by atoms with Gasteiger partial charge in [0.2, 0.25) is 5.91 Å². The lowest BCUT2D eigenvalue weighted by atomic mass is 10.2. The van der Waals surface area contributed by atoms with Crippen LogP contribution in [0, 0.1) is 11.7 Å². The number of rotatable bonds is 6. The summed E-state index contributed by atoms with van der Waals surface area (Å²) in [6, 6.07) is 5.61. The fraction of sp³-hybridized carbons (Fsp3) is 0.333. The molecule has 2 N–H and O–H groups in total. The third kappa shape index (κ3) is 5.18. The number of carbonyl (C=O) groups excluding carboxylic acids is 1. The third-order valence-corrected chi connectivity index (χ3v) is 3.33. The van der Waals surface area contributed by atoms with Crippen LogP contribution in [0.1, 0.15) is 6.92 Å². The van der Waals surface area contributed by atoms with Gasteiger partial charge < -0.3 is 10.4 Å². The highest BCUT2D eigenvalue weighted by molar-refractivity contribution is 8.00. The number of carboxylic acids is 1. The molecule has 1 aromatic carbocycles. The van der Waals surface area contributed by atoms with E-state index in [4.69, 9.17) is 5.11 Å². The molecule has 0 heterocycles. The van der Waals surface area contributed by atoms with Crippen LogP contribution in [-0.2, 0) is 9.59 Å². The van der Waals surface area contributed by atoms with Crippen LogP contribution in [0.2, 0.25) is 0 Å². The van der Waals surface area contributed by atoms with Gasteiger partial charge in [-0.25, -0.2) is 4.39 Å². The Morgan fingerprint density at radius 2 is 2.22 bits per heavy atom. The SMILES string of the molecule is CC(CSCC(=O)Nc1cccc(F)c1)C(=O)O. The minimum Gasteiger partial charge on any atom is -0.481 e. The highest BCUT2D eigenvalue weighted by Gasteiger charge is 2.11. The minimum atomic E-state index is -0.881. The zero-order chi connectivity index (χ0) is 13.5. The van der Waals surface area contributed by atoms with Gasteiger partial charge in [-0.05, 0) is 18.2 Å². The molecular weight excluding hydrogens is 257 g/mol. The molecule has 1 rings (SSSR count). The molecule has 6 heteroatoms. The van der Waals surface area contributed by atoms with Crippen molar-refractivity contribution in [1.82, 2.24) is 0 Å². The second-order valence-electron chi connectivity index (χ2n) is 3.81. The second-order valence-corrected chi connectivity index (χ2v) is 4.84. The number of halogens is 1. The maximum atomic E-state index is 12.8. The van der Waals surface area contributed by atoms with Crippen molar-refractivity contribution in [3.8, 4) is 0 Å². The number of carbonyl (C=O) groups is 2. The molecule has 1 atom stereocenters. The largest absolute Gasteiger partial charge is 0.481 e. The van der Waals surface area contributed by atoms with Crippen molar-refractivity contribution in [3.63, 3.8) is 0 Å². The van der Waals surface area contributed by atoms with E-state index in [9.17, 15) is 14.0 Å². The smallest absolute Gasteiger partial charge is 0.307 e. The van der Waals surface area contributed by atoms with Crippen molar-refractivity contribution in [2.24, 2.45) is 5.92 Å². The molecule has 1 amide bonds. The Hall–Kier alpha value is -1.56. The molecular formula is C12H14FNO3S. The van der Waals surface area contributed by atoms with Crippen molar-refractivity contribution in [1.29, 1.82) is 0 Å². The van der Waals surface area contributed by atoms with Crippen LogP contribution < -0.4 is 5.32 Å². The molecule has 1 unspecified atom stereocenters. The van der Waals surface area contributed by atoms with E-state index in [1.807, 2.05) is 0 Å². The molecule has 4 nitrogen and oxygen atoms in total. The quantitative estimate of drug-likeness (QED) is 0.832. The van der Waals surface area contributed by atoms with Crippen LogP contribution in [0.3, 0.4) is 0 Å². The van der Waals surface area contributed by atoms with Crippen molar-refractivity contribution < 1.29 is 19.1 Å². The van der Waals surface area contributed by atoms with Crippen LogP contribution in [0.5, 0.6) is 0 Å². The fourth-order valence-corrected chi connectivity index (χ4v) is 2.03. The van der Waals surface area contributed by atoms with E-state index >= 15 is 0 Å². The molecule has 18 heavy (non-hydrogen) atoms. The Morgan fingerprint density at radius 1 is 1.50 bits per heavy atom. The molecule has 1 aromatic rings. The molecule has 0 radical (unpaired) electrons. The van der Waals surface area contributed by atoms with Gasteiger partial charge in [-0.2, -0.15) is 11.8 Å². The van der Waals surface area contributed by atoms with Gasteiger partial charge in [-0.1, -0.05) is 13.0 Å². The zero-order valence-electron chi connectivity index (χ0n) is 9.85. The molecule has 0 aliphatic carbocycles. The summed E-state index contributed by atoms with van der Waals surface area (Å²) in [5.41, 5.74) is 0.395. The van der Waals surface area contributed by atoms with Crippen LogP contribution in [0.15, 0.2) is 24.3 Å². The molecule has 0 spiro atoms. The first-order valence-corrected chi connectivity index (χ1v) is 6.50. The van der Waals surface area contributed by atoms with Gasteiger partial charge in [0.05, 0.1) is 11.7 Å². The molecule has 0 fully saturated rings. The van der Waals surface area contributed by atoms with Gasteiger partial charge in [0.1, 0.15) is 5.82 Å². The van der Waals surface area contributed by atoms with Crippen LogP contribution in [0.25, 0.3) is 0 Å². The number of carboxylic acid groups (broad SMARTS) is 1. The number of hydrogen-bond donors (Lipinski definition) is 2. The number of anilines is 1. The van der Waals surface area contributed by atoms with Gasteiger partial charge in [0, 0.05) is 11.4 Å². The Balaban J connectivity index is 2.32. The number of aliphatic carboxylic acids is 1. The highest BCUT2D eigenvalue weighted by atomic mass is 32.2. The number of benzene rings is 1. The minimum absolute atomic E-state index is 0.147. The Bertz CT molecular complexity index is 439. The number of amides is 1. The third-order valence-electron chi connectivity index (χ3n) is 2.13. The summed E-state index contributed by atoms with van der Waals surface area (Å²) >= 11 is 1.23. The topological polar surface area (TPSA) is 66.4 Å². The van der Waals surface area contributed by atoms with E-state index in [1.165, 1.54) is 30.0 Å². The average Bonchev–Trinajstić information content (AvgIpc) is 2.28. The second kappa shape index (κ2) is 7.00. The summed E-state index contributed by atoms with van der Waals surface area (Å²) in [5.74, 6) is -1.55. The first-order chi connectivity index (χ1) is 8.49. The lowest BCUT2D eigenvalue weighted by Gasteiger charge is -2.07. The Morgan fingerprint density at radius 3 is 2.83 bits per heavy atom. The van der Waals surface area contributed by atoms with Crippen molar-refractivity contribution >= 4 is 29.3 Å². The number of hydrogen-bond acceptors (Lipinski definition) is 3. The Kier molecular flexibility index (Phi) is 5.64. The molecule has 98 valence electrons. The summed E-state index contributed by atoms with van der Waals surface area (Å²) in [6.07, 6.45) is 0. The van der Waals surface area contributed by atoms with Gasteiger partial charge >= 0.3 is 5.97 Å². The average molecular weight is 271 g/mol. The lowest BCUT2D eigenvalue weighted by Crippen LogP contribution is -2.17. The van der Waals surface area contributed by atoms with E-state index in [1.54, 1.807) is 13.0 Å². The maximum absolute atomic E-state index is 12.8. The van der Waals surface area contributed by atoms with Crippen LogP contribution in [0.4, 0.5) is 10.1 Å². The maximum Gasteiger partial charge on any atom is 0.307 e. The highest BCUT2D eigenvalue weighted by Crippen LogP contribution is 2.12. The van der Waals surface area contributed by atoms with Crippen molar-refractivity contribution in [3.05, 3.63) is 30.1 Å².